The lowest BCUT2D eigenvalue weighted by Gasteiger charge is -2.25. The maximum Gasteiger partial charge on any atom is 0.244 e. The van der Waals surface area contributed by atoms with Crippen LogP contribution < -0.4 is 0 Å². The number of carbonyl (C=O) groups excluding carboxylic acids is 1. The van der Waals surface area contributed by atoms with Gasteiger partial charge in [-0.25, -0.2) is 0 Å². The van der Waals surface area contributed by atoms with E-state index >= 15 is 0 Å². The van der Waals surface area contributed by atoms with Crippen LogP contribution in [-0.4, -0.2) is 34.6 Å². The zero-order valence-corrected chi connectivity index (χ0v) is 11.6. The summed E-state index contributed by atoms with van der Waals surface area (Å²) in [6, 6.07) is 1.83. The molecule has 1 aromatic heterocycles. The molecule has 0 fully saturated rings. The van der Waals surface area contributed by atoms with Crippen molar-refractivity contribution in [3.05, 3.63) is 23.0 Å². The van der Waals surface area contributed by atoms with Gasteiger partial charge in [0, 0.05) is 31.0 Å². The molecule has 2 atom stereocenters. The minimum atomic E-state index is -0.365. The Morgan fingerprint density at radius 1 is 1.56 bits per heavy atom. The first-order valence-corrected chi connectivity index (χ1v) is 6.53. The molecule has 0 aromatic carbocycles. The molecule has 0 spiro atoms. The van der Waals surface area contributed by atoms with E-state index in [0.29, 0.717) is 0 Å². The van der Waals surface area contributed by atoms with Crippen molar-refractivity contribution in [3.8, 4) is 0 Å². The quantitative estimate of drug-likeness (QED) is 0.870. The Bertz CT molecular complexity index is 463. The van der Waals surface area contributed by atoms with E-state index in [9.17, 15) is 9.90 Å². The van der Waals surface area contributed by atoms with E-state index in [1.165, 1.54) is 0 Å². The van der Waals surface area contributed by atoms with Crippen LogP contribution in [0.1, 0.15) is 48.9 Å². The minimum Gasteiger partial charge on any atom is -0.388 e. The van der Waals surface area contributed by atoms with Gasteiger partial charge in [0.1, 0.15) is 6.04 Å². The molecule has 0 saturated carbocycles. The summed E-state index contributed by atoms with van der Waals surface area (Å²) in [5, 5.41) is 10.0. The van der Waals surface area contributed by atoms with Crippen molar-refractivity contribution in [1.29, 1.82) is 0 Å². The van der Waals surface area contributed by atoms with Crippen LogP contribution in [0.3, 0.4) is 0 Å². The van der Waals surface area contributed by atoms with Crippen molar-refractivity contribution < 1.29 is 9.90 Å². The molecule has 1 aliphatic rings. The predicted molar refractivity (Wildman–Crippen MR) is 70.5 cm³/mol. The minimum absolute atomic E-state index is 0.0940. The molecule has 4 heteroatoms. The highest BCUT2D eigenvalue weighted by Crippen LogP contribution is 2.34. The number of hydrogen-bond donors (Lipinski definition) is 1. The Balaban J connectivity index is 2.42. The Morgan fingerprint density at radius 2 is 2.22 bits per heavy atom. The van der Waals surface area contributed by atoms with Crippen molar-refractivity contribution >= 4 is 5.91 Å². The van der Waals surface area contributed by atoms with Crippen LogP contribution in [0, 0.1) is 6.92 Å². The Hall–Kier alpha value is -1.29. The number of carbonyl (C=O) groups is 1. The Labute approximate surface area is 108 Å². The van der Waals surface area contributed by atoms with Gasteiger partial charge < -0.3 is 14.6 Å². The van der Waals surface area contributed by atoms with Crippen LogP contribution >= 0.6 is 0 Å². The van der Waals surface area contributed by atoms with E-state index in [-0.39, 0.29) is 18.1 Å². The van der Waals surface area contributed by atoms with E-state index in [1.807, 2.05) is 19.9 Å². The van der Waals surface area contributed by atoms with Crippen LogP contribution in [0.4, 0.5) is 0 Å². The number of nitrogens with zero attached hydrogens (tertiary/aromatic N) is 2. The first kappa shape index (κ1) is 13.1. The second kappa shape index (κ2) is 4.76. The first-order chi connectivity index (χ1) is 8.43. The SMILES string of the molecule is Cc1cc2c(n1C(C)C(=O)N(C)C)CCCC2O. The van der Waals surface area contributed by atoms with Gasteiger partial charge in [0.25, 0.3) is 0 Å². The van der Waals surface area contributed by atoms with Crippen LogP contribution in [0.25, 0.3) is 0 Å². The standard InChI is InChI=1S/C14H22N2O2/c1-9-8-11-12(6-5-7-13(11)17)16(9)10(2)14(18)15(3)4/h8,10,13,17H,5-7H2,1-4H3. The maximum absolute atomic E-state index is 12.1. The normalized spacial score (nSPS) is 20.4. The largest absolute Gasteiger partial charge is 0.388 e. The van der Waals surface area contributed by atoms with Crippen LogP contribution in [0.5, 0.6) is 0 Å². The number of aliphatic hydroxyl groups excluding tert-OH is 1. The number of aryl methyl sites for hydroxylation is 1. The van der Waals surface area contributed by atoms with Gasteiger partial charge in [0.15, 0.2) is 0 Å². The summed E-state index contributed by atoms with van der Waals surface area (Å²) in [4.78, 5) is 13.7. The molecule has 1 heterocycles. The summed E-state index contributed by atoms with van der Waals surface area (Å²) in [6.07, 6.45) is 2.40. The number of fused-ring (bicyclic) bond motifs is 1. The van der Waals surface area contributed by atoms with Gasteiger partial charge in [-0.05, 0) is 39.2 Å². The molecular weight excluding hydrogens is 228 g/mol. The molecular formula is C14H22N2O2. The molecule has 4 nitrogen and oxygen atoms in total. The third-order valence-corrected chi connectivity index (χ3v) is 3.80. The van der Waals surface area contributed by atoms with Crippen LogP contribution in [0.15, 0.2) is 6.07 Å². The number of aromatic nitrogens is 1. The zero-order valence-electron chi connectivity index (χ0n) is 11.6. The predicted octanol–water partition coefficient (Wildman–Crippen LogP) is 1.82. The molecule has 0 bridgehead atoms. The highest BCUT2D eigenvalue weighted by atomic mass is 16.3. The molecule has 2 unspecified atom stereocenters. The molecule has 1 aromatic rings. The molecule has 0 saturated heterocycles. The van der Waals surface area contributed by atoms with Gasteiger partial charge >= 0.3 is 0 Å². The summed E-state index contributed by atoms with van der Waals surface area (Å²) in [7, 11) is 3.55. The summed E-state index contributed by atoms with van der Waals surface area (Å²) in [6.45, 7) is 3.93. The summed E-state index contributed by atoms with van der Waals surface area (Å²) in [5.74, 6) is 0.0940. The van der Waals surface area contributed by atoms with E-state index in [4.69, 9.17) is 0 Å². The highest BCUT2D eigenvalue weighted by Gasteiger charge is 2.27. The second-order valence-electron chi connectivity index (χ2n) is 5.37. The number of aliphatic hydroxyl groups is 1. The average Bonchev–Trinajstić information content (AvgIpc) is 2.65. The van der Waals surface area contributed by atoms with Crippen molar-refractivity contribution in [1.82, 2.24) is 9.47 Å². The van der Waals surface area contributed by atoms with Gasteiger partial charge in [0.05, 0.1) is 6.10 Å². The third kappa shape index (κ3) is 2.05. The highest BCUT2D eigenvalue weighted by molar-refractivity contribution is 5.79. The Kier molecular flexibility index (Phi) is 3.48. The third-order valence-electron chi connectivity index (χ3n) is 3.80. The first-order valence-electron chi connectivity index (χ1n) is 6.53. The second-order valence-corrected chi connectivity index (χ2v) is 5.37. The average molecular weight is 250 g/mol. The number of likely N-dealkylation sites (N-methyl/N-ethyl adjacent to an activating group) is 1. The lowest BCUT2D eigenvalue weighted by molar-refractivity contribution is -0.131. The van der Waals surface area contributed by atoms with Gasteiger partial charge in [-0.1, -0.05) is 0 Å². The van der Waals surface area contributed by atoms with Crippen molar-refractivity contribution in [2.24, 2.45) is 0 Å². The van der Waals surface area contributed by atoms with Gasteiger partial charge in [0.2, 0.25) is 5.91 Å². The van der Waals surface area contributed by atoms with E-state index in [0.717, 1.165) is 36.2 Å². The smallest absolute Gasteiger partial charge is 0.244 e. The van der Waals surface area contributed by atoms with Gasteiger partial charge in [-0.15, -0.1) is 0 Å². The molecule has 100 valence electrons. The molecule has 1 aliphatic carbocycles. The van der Waals surface area contributed by atoms with Crippen LogP contribution in [-0.2, 0) is 11.2 Å². The number of amides is 1. The monoisotopic (exact) mass is 250 g/mol. The zero-order chi connectivity index (χ0) is 13.4. The fourth-order valence-electron chi connectivity index (χ4n) is 2.92. The van der Waals surface area contributed by atoms with Gasteiger partial charge in [-0.3, -0.25) is 4.79 Å². The van der Waals surface area contributed by atoms with Crippen LogP contribution in [0.2, 0.25) is 0 Å². The molecule has 1 N–H and O–H groups in total. The maximum atomic E-state index is 12.1. The van der Waals surface area contributed by atoms with Crippen molar-refractivity contribution in [2.75, 3.05) is 14.1 Å². The fourth-order valence-corrected chi connectivity index (χ4v) is 2.92. The van der Waals surface area contributed by atoms with E-state index < -0.39 is 0 Å². The van der Waals surface area contributed by atoms with E-state index in [1.54, 1.807) is 19.0 Å². The Morgan fingerprint density at radius 3 is 2.83 bits per heavy atom. The molecule has 18 heavy (non-hydrogen) atoms. The summed E-state index contributed by atoms with van der Waals surface area (Å²) in [5.41, 5.74) is 3.20. The summed E-state index contributed by atoms with van der Waals surface area (Å²) < 4.78 is 2.08. The number of rotatable bonds is 2. The molecule has 1 amide bonds. The lowest BCUT2D eigenvalue weighted by Crippen LogP contribution is -2.31. The van der Waals surface area contributed by atoms with Crippen molar-refractivity contribution in [2.45, 2.75) is 45.3 Å². The molecule has 0 radical (unpaired) electrons. The van der Waals surface area contributed by atoms with Gasteiger partial charge in [-0.2, -0.15) is 0 Å². The molecule has 2 rings (SSSR count). The summed E-state index contributed by atoms with van der Waals surface area (Å²) >= 11 is 0. The van der Waals surface area contributed by atoms with Crippen molar-refractivity contribution in [3.63, 3.8) is 0 Å². The molecule has 0 aliphatic heterocycles. The van der Waals surface area contributed by atoms with E-state index in [2.05, 4.69) is 4.57 Å². The topological polar surface area (TPSA) is 45.5 Å². The number of hydrogen-bond acceptors (Lipinski definition) is 2. The fraction of sp³-hybridized carbons (Fsp3) is 0.643. The lowest BCUT2D eigenvalue weighted by atomic mass is 9.95.